The number of hydrogen-bond acceptors (Lipinski definition) is 2. The molecular weight excluding hydrogens is 232 g/mol. The van der Waals surface area contributed by atoms with Gasteiger partial charge in [-0.15, -0.1) is 0 Å². The van der Waals surface area contributed by atoms with Crippen molar-refractivity contribution in [3.05, 3.63) is 34.9 Å². The SMILES string of the molecule is Cc1ccc(C2C(CN)CCCN2C(C)C)c(C)c1. The molecule has 0 radical (unpaired) electrons. The highest BCUT2D eigenvalue weighted by atomic mass is 15.2. The standard InChI is InChI=1S/C17H28N2/c1-12(2)19-9-5-6-15(11-18)17(19)16-8-7-13(3)10-14(16)4/h7-8,10,12,15,17H,5-6,9,11,18H2,1-4H3. The van der Waals surface area contributed by atoms with Crippen molar-refractivity contribution in [2.75, 3.05) is 13.1 Å². The molecule has 0 aliphatic carbocycles. The fourth-order valence-electron chi connectivity index (χ4n) is 3.52. The van der Waals surface area contributed by atoms with Crippen molar-refractivity contribution in [3.63, 3.8) is 0 Å². The highest BCUT2D eigenvalue weighted by Crippen LogP contribution is 2.38. The van der Waals surface area contributed by atoms with Gasteiger partial charge in [-0.2, -0.15) is 0 Å². The molecule has 19 heavy (non-hydrogen) atoms. The summed E-state index contributed by atoms with van der Waals surface area (Å²) in [4.78, 5) is 2.64. The molecule has 0 bridgehead atoms. The summed E-state index contributed by atoms with van der Waals surface area (Å²) in [6.45, 7) is 11.0. The monoisotopic (exact) mass is 260 g/mol. The van der Waals surface area contributed by atoms with Crippen LogP contribution in [0.2, 0.25) is 0 Å². The van der Waals surface area contributed by atoms with Gasteiger partial charge in [0.25, 0.3) is 0 Å². The Labute approximate surface area is 118 Å². The largest absolute Gasteiger partial charge is 0.330 e. The smallest absolute Gasteiger partial charge is 0.0393 e. The number of nitrogens with two attached hydrogens (primary N) is 1. The van der Waals surface area contributed by atoms with E-state index in [4.69, 9.17) is 5.73 Å². The van der Waals surface area contributed by atoms with E-state index in [-0.39, 0.29) is 0 Å². The van der Waals surface area contributed by atoms with Crippen LogP contribution in [0.5, 0.6) is 0 Å². The van der Waals surface area contributed by atoms with Crippen molar-refractivity contribution in [1.82, 2.24) is 4.90 Å². The van der Waals surface area contributed by atoms with Crippen LogP contribution < -0.4 is 5.73 Å². The van der Waals surface area contributed by atoms with Crippen molar-refractivity contribution in [3.8, 4) is 0 Å². The minimum absolute atomic E-state index is 0.499. The van der Waals surface area contributed by atoms with Gasteiger partial charge in [0, 0.05) is 12.1 Å². The molecule has 2 nitrogen and oxygen atoms in total. The topological polar surface area (TPSA) is 29.3 Å². The van der Waals surface area contributed by atoms with Crippen LogP contribution in [0.15, 0.2) is 18.2 Å². The summed E-state index contributed by atoms with van der Waals surface area (Å²) in [7, 11) is 0. The van der Waals surface area contributed by atoms with Gasteiger partial charge in [0.1, 0.15) is 0 Å². The summed E-state index contributed by atoms with van der Waals surface area (Å²) in [5, 5.41) is 0. The van der Waals surface area contributed by atoms with Gasteiger partial charge in [0.15, 0.2) is 0 Å². The third-order valence-electron chi connectivity index (χ3n) is 4.51. The minimum Gasteiger partial charge on any atom is -0.330 e. The van der Waals surface area contributed by atoms with Crippen molar-refractivity contribution in [2.24, 2.45) is 11.7 Å². The third-order valence-corrected chi connectivity index (χ3v) is 4.51. The summed E-state index contributed by atoms with van der Waals surface area (Å²) in [5.74, 6) is 0.595. The molecule has 106 valence electrons. The summed E-state index contributed by atoms with van der Waals surface area (Å²) in [6, 6.07) is 7.94. The van der Waals surface area contributed by atoms with E-state index in [0.29, 0.717) is 18.0 Å². The second kappa shape index (κ2) is 6.06. The first-order valence-corrected chi connectivity index (χ1v) is 7.57. The lowest BCUT2D eigenvalue weighted by molar-refractivity contribution is 0.0661. The second-order valence-corrected chi connectivity index (χ2v) is 6.27. The van der Waals surface area contributed by atoms with E-state index in [0.717, 1.165) is 6.54 Å². The average Bonchev–Trinajstić information content (AvgIpc) is 2.38. The van der Waals surface area contributed by atoms with Gasteiger partial charge in [-0.25, -0.2) is 0 Å². The lowest BCUT2D eigenvalue weighted by Gasteiger charge is -2.44. The fourth-order valence-corrected chi connectivity index (χ4v) is 3.52. The number of aryl methyl sites for hydroxylation is 2. The van der Waals surface area contributed by atoms with Crippen LogP contribution in [0.1, 0.15) is 49.4 Å². The number of likely N-dealkylation sites (tertiary alicyclic amines) is 1. The predicted molar refractivity (Wildman–Crippen MR) is 82.3 cm³/mol. The van der Waals surface area contributed by atoms with Crippen molar-refractivity contribution in [2.45, 2.75) is 52.6 Å². The maximum atomic E-state index is 6.05. The lowest BCUT2D eigenvalue weighted by Crippen LogP contribution is -2.45. The van der Waals surface area contributed by atoms with Crippen LogP contribution in [0.4, 0.5) is 0 Å². The van der Waals surface area contributed by atoms with Gasteiger partial charge in [-0.3, -0.25) is 4.90 Å². The van der Waals surface area contributed by atoms with E-state index >= 15 is 0 Å². The number of hydrogen-bond donors (Lipinski definition) is 1. The molecule has 2 N–H and O–H groups in total. The zero-order valence-electron chi connectivity index (χ0n) is 12.8. The predicted octanol–water partition coefficient (Wildman–Crippen LogP) is 3.42. The van der Waals surface area contributed by atoms with E-state index in [1.54, 1.807) is 0 Å². The van der Waals surface area contributed by atoms with Crippen LogP contribution in [0, 0.1) is 19.8 Å². The summed E-state index contributed by atoms with van der Waals surface area (Å²) < 4.78 is 0. The molecule has 1 aliphatic rings. The molecule has 0 aromatic heterocycles. The number of rotatable bonds is 3. The number of piperidine rings is 1. The first kappa shape index (κ1) is 14.5. The molecule has 1 fully saturated rings. The summed E-state index contributed by atoms with van der Waals surface area (Å²) in [5.41, 5.74) is 10.3. The Morgan fingerprint density at radius 3 is 2.63 bits per heavy atom. The van der Waals surface area contributed by atoms with E-state index in [9.17, 15) is 0 Å². The molecule has 1 saturated heterocycles. The van der Waals surface area contributed by atoms with Crippen molar-refractivity contribution >= 4 is 0 Å². The van der Waals surface area contributed by atoms with Gasteiger partial charge in [-0.05, 0) is 70.7 Å². The van der Waals surface area contributed by atoms with E-state index in [1.807, 2.05) is 0 Å². The van der Waals surface area contributed by atoms with Crippen LogP contribution in [-0.4, -0.2) is 24.0 Å². The molecule has 2 heteroatoms. The Morgan fingerprint density at radius 1 is 1.32 bits per heavy atom. The van der Waals surface area contributed by atoms with Crippen LogP contribution in [0.3, 0.4) is 0 Å². The average molecular weight is 260 g/mol. The Morgan fingerprint density at radius 2 is 2.05 bits per heavy atom. The lowest BCUT2D eigenvalue weighted by atomic mass is 9.82. The van der Waals surface area contributed by atoms with E-state index < -0.39 is 0 Å². The highest BCUT2D eigenvalue weighted by Gasteiger charge is 2.33. The van der Waals surface area contributed by atoms with Crippen molar-refractivity contribution in [1.29, 1.82) is 0 Å². The molecule has 1 heterocycles. The van der Waals surface area contributed by atoms with Crippen LogP contribution in [0.25, 0.3) is 0 Å². The zero-order valence-corrected chi connectivity index (χ0v) is 12.8. The highest BCUT2D eigenvalue weighted by molar-refractivity contribution is 5.33. The molecule has 1 aromatic rings. The second-order valence-electron chi connectivity index (χ2n) is 6.27. The Hall–Kier alpha value is -0.860. The van der Waals surface area contributed by atoms with Crippen molar-refractivity contribution < 1.29 is 0 Å². The molecule has 1 aromatic carbocycles. The first-order valence-electron chi connectivity index (χ1n) is 7.57. The third kappa shape index (κ3) is 3.01. The quantitative estimate of drug-likeness (QED) is 0.902. The fraction of sp³-hybridized carbons (Fsp3) is 0.647. The van der Waals surface area contributed by atoms with Crippen LogP contribution >= 0.6 is 0 Å². The summed E-state index contributed by atoms with van der Waals surface area (Å²) >= 11 is 0. The molecule has 0 saturated carbocycles. The van der Waals surface area contributed by atoms with Gasteiger partial charge < -0.3 is 5.73 Å². The molecule has 0 amide bonds. The molecule has 1 aliphatic heterocycles. The van der Waals surface area contributed by atoms with Gasteiger partial charge in [0.2, 0.25) is 0 Å². The molecule has 2 atom stereocenters. The Kier molecular flexibility index (Phi) is 4.64. The Balaban J connectivity index is 2.39. The van der Waals surface area contributed by atoms with E-state index in [1.165, 1.54) is 36.1 Å². The van der Waals surface area contributed by atoms with Crippen LogP contribution in [-0.2, 0) is 0 Å². The molecular formula is C17H28N2. The number of benzene rings is 1. The first-order chi connectivity index (χ1) is 9.04. The number of nitrogens with zero attached hydrogens (tertiary/aromatic N) is 1. The molecule has 2 rings (SSSR count). The molecule has 0 spiro atoms. The maximum Gasteiger partial charge on any atom is 0.0393 e. The zero-order chi connectivity index (χ0) is 14.0. The molecule has 2 unspecified atom stereocenters. The van der Waals surface area contributed by atoms with Gasteiger partial charge in [-0.1, -0.05) is 23.8 Å². The van der Waals surface area contributed by atoms with E-state index in [2.05, 4.69) is 50.8 Å². The normalized spacial score (nSPS) is 24.9. The summed E-state index contributed by atoms with van der Waals surface area (Å²) in [6.07, 6.45) is 2.54. The van der Waals surface area contributed by atoms with Gasteiger partial charge >= 0.3 is 0 Å². The Bertz CT molecular complexity index is 425. The van der Waals surface area contributed by atoms with Gasteiger partial charge in [0.05, 0.1) is 0 Å². The maximum absolute atomic E-state index is 6.05. The minimum atomic E-state index is 0.499.